The van der Waals surface area contributed by atoms with Gasteiger partial charge in [-0.2, -0.15) is 0 Å². The van der Waals surface area contributed by atoms with Gasteiger partial charge in [0.1, 0.15) is 6.54 Å². The lowest BCUT2D eigenvalue weighted by molar-refractivity contribution is -0.890. The lowest BCUT2D eigenvalue weighted by atomic mass is 10.0. The van der Waals surface area contributed by atoms with E-state index < -0.39 is 0 Å². The van der Waals surface area contributed by atoms with Crippen LogP contribution >= 0.6 is 0 Å². The minimum Gasteiger partial charge on any atom is -1.00 e. The van der Waals surface area contributed by atoms with Crippen LogP contribution in [0.3, 0.4) is 0 Å². The third-order valence-electron chi connectivity index (χ3n) is 6.32. The Morgan fingerprint density at radius 3 is 1.00 bits per heavy atom. The molecular weight excluding hydrogens is 422 g/mol. The molecule has 0 bridgehead atoms. The van der Waals surface area contributed by atoms with E-state index in [4.69, 9.17) is 5.11 Å². The molecule has 0 aliphatic carbocycles. The van der Waals surface area contributed by atoms with Crippen LogP contribution in [0.15, 0.2) is 0 Å². The van der Waals surface area contributed by atoms with Crippen LogP contribution in [0.1, 0.15) is 135 Å². The van der Waals surface area contributed by atoms with Crippen molar-refractivity contribution in [2.45, 2.75) is 135 Å². The van der Waals surface area contributed by atoms with Gasteiger partial charge in [-0.25, -0.2) is 0 Å². The summed E-state index contributed by atoms with van der Waals surface area (Å²) in [5.41, 5.74) is 0. The molecule has 1 N–H and O–H groups in total. The number of nitrogens with zero attached hydrogens (tertiary/aromatic N) is 1. The topological polar surface area (TPSA) is 20.2 Å². The maximum absolute atomic E-state index is 9.05. The average molecular weight is 479 g/mol. The Bertz CT molecular complexity index is 296. The van der Waals surface area contributed by atoms with Gasteiger partial charge in [-0.3, -0.25) is 0 Å². The summed E-state index contributed by atoms with van der Waals surface area (Å²) in [5.74, 6) is 0. The lowest BCUT2D eigenvalue weighted by Crippen LogP contribution is -3.00. The van der Waals surface area contributed by atoms with Crippen LogP contribution in [-0.2, 0) is 0 Å². The van der Waals surface area contributed by atoms with Gasteiger partial charge >= 0.3 is 0 Å². The van der Waals surface area contributed by atoms with Gasteiger partial charge in [0.2, 0.25) is 0 Å². The largest absolute Gasteiger partial charge is 1.00 e. The first-order valence-electron chi connectivity index (χ1n) is 13.1. The molecule has 2 nitrogen and oxygen atoms in total. The Labute approximate surface area is 195 Å². The molecule has 0 aliphatic heterocycles. The highest BCUT2D eigenvalue weighted by atomic mass is 79.9. The molecule has 0 fully saturated rings. The fraction of sp³-hybridized carbons (Fsp3) is 1.00. The summed E-state index contributed by atoms with van der Waals surface area (Å²) in [4.78, 5) is 0. The fourth-order valence-electron chi connectivity index (χ4n) is 4.18. The molecule has 3 heteroatoms. The summed E-state index contributed by atoms with van der Waals surface area (Å²) in [6, 6.07) is 0. The minimum absolute atomic E-state index is 0. The molecule has 0 aromatic rings. The van der Waals surface area contributed by atoms with Crippen LogP contribution in [-0.4, -0.2) is 43.4 Å². The van der Waals surface area contributed by atoms with Crippen LogP contribution in [0.2, 0.25) is 0 Å². The van der Waals surface area contributed by atoms with Crippen molar-refractivity contribution in [2.75, 3.05) is 33.8 Å². The third-order valence-corrected chi connectivity index (χ3v) is 6.32. The lowest BCUT2D eigenvalue weighted by Gasteiger charge is -2.28. The Hall–Kier alpha value is 0.400. The van der Waals surface area contributed by atoms with E-state index in [2.05, 4.69) is 21.0 Å². The Morgan fingerprint density at radius 2 is 0.724 bits per heavy atom. The van der Waals surface area contributed by atoms with Gasteiger partial charge in [-0.1, -0.05) is 122 Å². The van der Waals surface area contributed by atoms with E-state index in [1.807, 2.05) is 0 Å². The molecule has 0 unspecified atom stereocenters. The van der Waals surface area contributed by atoms with Crippen LogP contribution < -0.4 is 17.0 Å². The van der Waals surface area contributed by atoms with E-state index in [1.165, 1.54) is 135 Å². The molecule has 29 heavy (non-hydrogen) atoms. The number of halogens is 1. The highest BCUT2D eigenvalue weighted by Crippen LogP contribution is 2.15. The number of hydrogen-bond donors (Lipinski definition) is 1. The summed E-state index contributed by atoms with van der Waals surface area (Å²) in [6.07, 6.45) is 28.8. The van der Waals surface area contributed by atoms with Gasteiger partial charge in [-0.05, 0) is 12.8 Å². The van der Waals surface area contributed by atoms with E-state index in [1.54, 1.807) is 0 Å². The highest BCUT2D eigenvalue weighted by molar-refractivity contribution is 4.51. The van der Waals surface area contributed by atoms with Crippen molar-refractivity contribution in [3.8, 4) is 0 Å². The van der Waals surface area contributed by atoms with Crippen LogP contribution in [0.5, 0.6) is 0 Å². The van der Waals surface area contributed by atoms with Crippen molar-refractivity contribution >= 4 is 0 Å². The Balaban J connectivity index is 0. The first kappa shape index (κ1) is 31.6. The zero-order chi connectivity index (χ0) is 20.8. The summed E-state index contributed by atoms with van der Waals surface area (Å²) in [7, 11) is 4.46. The van der Waals surface area contributed by atoms with E-state index in [0.717, 1.165) is 11.0 Å². The molecule has 0 saturated carbocycles. The van der Waals surface area contributed by atoms with Crippen molar-refractivity contribution in [3.05, 3.63) is 0 Å². The highest BCUT2D eigenvalue weighted by Gasteiger charge is 2.12. The minimum atomic E-state index is 0. The summed E-state index contributed by atoms with van der Waals surface area (Å²) in [5, 5.41) is 9.05. The average Bonchev–Trinajstić information content (AvgIpc) is 2.66. The number of rotatable bonds is 23. The molecule has 0 heterocycles. The zero-order valence-electron chi connectivity index (χ0n) is 20.5. The summed E-state index contributed by atoms with van der Waals surface area (Å²) < 4.78 is 0.968. The van der Waals surface area contributed by atoms with Crippen molar-refractivity contribution in [3.63, 3.8) is 0 Å². The maximum Gasteiger partial charge on any atom is 0.102 e. The number of aliphatic hydroxyl groups is 1. The molecule has 0 atom stereocenters. The first-order chi connectivity index (χ1) is 13.6. The number of hydrogen-bond acceptors (Lipinski definition) is 1. The van der Waals surface area contributed by atoms with Gasteiger partial charge in [0.05, 0.1) is 27.2 Å². The Morgan fingerprint density at radius 1 is 0.448 bits per heavy atom. The number of quaternary nitrogens is 1. The third kappa shape index (κ3) is 26.4. The Kier molecular flexibility index (Phi) is 26.9. The molecular formula is C26H56BrNO. The van der Waals surface area contributed by atoms with E-state index in [-0.39, 0.29) is 17.0 Å². The van der Waals surface area contributed by atoms with Gasteiger partial charge in [0.25, 0.3) is 0 Å². The fourth-order valence-corrected chi connectivity index (χ4v) is 4.18. The summed E-state index contributed by atoms with van der Waals surface area (Å²) in [6.45, 7) is 4.70. The van der Waals surface area contributed by atoms with Gasteiger partial charge in [-0.15, -0.1) is 0 Å². The molecule has 0 aromatic heterocycles. The van der Waals surface area contributed by atoms with Crippen molar-refractivity contribution in [1.29, 1.82) is 0 Å². The molecule has 0 rings (SSSR count). The molecule has 0 saturated heterocycles. The normalized spacial score (nSPS) is 11.6. The monoisotopic (exact) mass is 477 g/mol. The molecule has 178 valence electrons. The quantitative estimate of drug-likeness (QED) is 0.164. The van der Waals surface area contributed by atoms with Gasteiger partial charge in [0.15, 0.2) is 0 Å². The van der Waals surface area contributed by atoms with Crippen molar-refractivity contribution in [1.82, 2.24) is 0 Å². The maximum atomic E-state index is 9.05. The predicted molar refractivity (Wildman–Crippen MR) is 127 cm³/mol. The van der Waals surface area contributed by atoms with Crippen LogP contribution in [0.4, 0.5) is 0 Å². The van der Waals surface area contributed by atoms with Gasteiger partial charge < -0.3 is 26.6 Å². The van der Waals surface area contributed by atoms with Crippen molar-refractivity contribution in [2.24, 2.45) is 0 Å². The first-order valence-corrected chi connectivity index (χ1v) is 13.1. The number of aliphatic hydroxyl groups excluding tert-OH is 1. The second kappa shape index (κ2) is 24.7. The molecule has 0 radical (unpaired) electrons. The second-order valence-corrected chi connectivity index (χ2v) is 9.82. The van der Waals surface area contributed by atoms with Crippen LogP contribution in [0.25, 0.3) is 0 Å². The second-order valence-electron chi connectivity index (χ2n) is 9.82. The van der Waals surface area contributed by atoms with Crippen LogP contribution in [0, 0.1) is 0 Å². The summed E-state index contributed by atoms with van der Waals surface area (Å²) >= 11 is 0. The smallest absolute Gasteiger partial charge is 0.102 e. The molecule has 0 spiro atoms. The zero-order valence-corrected chi connectivity index (χ0v) is 22.1. The standard InChI is InChI=1S/C26H56NO.BrH/c1-4-5-6-7-8-9-10-11-12-13-14-15-16-17-18-19-20-21-22-23-24-27(2,3)25-26-28;/h28H,4-26H2,1-3H3;1H/q+1;/p-1. The molecule has 0 aliphatic rings. The van der Waals surface area contributed by atoms with Crippen molar-refractivity contribution < 1.29 is 26.6 Å². The van der Waals surface area contributed by atoms with E-state index >= 15 is 0 Å². The molecule has 0 aromatic carbocycles. The predicted octanol–water partition coefficient (Wildman–Crippen LogP) is 4.88. The molecule has 0 amide bonds. The number of likely N-dealkylation sites (N-methyl/N-ethyl adjacent to an activating group) is 1. The SMILES string of the molecule is CCCCCCCCCCCCCCCCCCCCCC[N+](C)(C)CCO.[Br-]. The van der Waals surface area contributed by atoms with E-state index in [9.17, 15) is 0 Å². The van der Waals surface area contributed by atoms with Gasteiger partial charge in [0, 0.05) is 0 Å². The van der Waals surface area contributed by atoms with E-state index in [0.29, 0.717) is 6.61 Å². The number of unbranched alkanes of at least 4 members (excludes halogenated alkanes) is 19.